The zero-order valence-electron chi connectivity index (χ0n) is 12.4. The Balaban J connectivity index is 2.03. The predicted octanol–water partition coefficient (Wildman–Crippen LogP) is 4.01. The molecule has 0 amide bonds. The minimum atomic E-state index is -0.311. The molecule has 3 atom stereocenters. The van der Waals surface area contributed by atoms with Crippen molar-refractivity contribution in [1.29, 1.82) is 0 Å². The van der Waals surface area contributed by atoms with Gasteiger partial charge in [-0.1, -0.05) is 25.8 Å². The highest BCUT2D eigenvalue weighted by Crippen LogP contribution is 2.31. The molecule has 1 saturated carbocycles. The third-order valence-corrected chi connectivity index (χ3v) is 4.05. The van der Waals surface area contributed by atoms with Crippen molar-refractivity contribution in [2.24, 2.45) is 5.92 Å². The van der Waals surface area contributed by atoms with Gasteiger partial charge in [-0.2, -0.15) is 0 Å². The summed E-state index contributed by atoms with van der Waals surface area (Å²) in [6.45, 7) is 6.39. The van der Waals surface area contributed by atoms with Crippen molar-refractivity contribution in [3.05, 3.63) is 29.3 Å². The molecule has 1 aromatic carbocycles. The maximum atomic E-state index is 10.1. The van der Waals surface area contributed by atoms with E-state index in [9.17, 15) is 5.11 Å². The molecule has 1 fully saturated rings. The molecular weight excluding hydrogens is 236 g/mol. The number of benzene rings is 1. The van der Waals surface area contributed by atoms with Crippen LogP contribution in [-0.2, 0) is 0 Å². The van der Waals surface area contributed by atoms with E-state index in [1.807, 2.05) is 0 Å². The van der Waals surface area contributed by atoms with Gasteiger partial charge in [0.15, 0.2) is 0 Å². The summed E-state index contributed by atoms with van der Waals surface area (Å²) in [7, 11) is 0. The molecule has 0 spiro atoms. The molecule has 1 aliphatic carbocycles. The van der Waals surface area contributed by atoms with Gasteiger partial charge in [0.1, 0.15) is 11.9 Å². The number of ether oxygens (including phenoxy) is 1. The van der Waals surface area contributed by atoms with Gasteiger partial charge in [0.05, 0.1) is 6.10 Å². The molecule has 1 aliphatic rings. The van der Waals surface area contributed by atoms with Gasteiger partial charge in [0.25, 0.3) is 0 Å². The molecule has 2 rings (SSSR count). The number of aliphatic hydroxyl groups excluding tert-OH is 1. The standard InChI is InChI=1S/C17H26O2/c1-4-5-14-6-7-16(18)17(11-14)19-15-9-12(2)8-13(3)10-15/h8-10,14,16-18H,4-7,11H2,1-3H3. The minimum Gasteiger partial charge on any atom is -0.488 e. The highest BCUT2D eigenvalue weighted by molar-refractivity contribution is 5.33. The summed E-state index contributed by atoms with van der Waals surface area (Å²) in [5, 5.41) is 10.1. The quantitative estimate of drug-likeness (QED) is 0.888. The van der Waals surface area contributed by atoms with Crippen LogP contribution >= 0.6 is 0 Å². The number of rotatable bonds is 4. The SMILES string of the molecule is CCCC1CCC(O)C(Oc2cc(C)cc(C)c2)C1. The van der Waals surface area contributed by atoms with E-state index in [2.05, 4.69) is 39.0 Å². The van der Waals surface area contributed by atoms with Crippen molar-refractivity contribution in [2.45, 2.75) is 65.1 Å². The Bertz CT molecular complexity index is 393. The van der Waals surface area contributed by atoms with Crippen LogP contribution in [0.1, 0.15) is 50.2 Å². The summed E-state index contributed by atoms with van der Waals surface area (Å²) < 4.78 is 6.06. The second-order valence-electron chi connectivity index (χ2n) is 6.01. The average molecular weight is 262 g/mol. The van der Waals surface area contributed by atoms with Gasteiger partial charge in [0, 0.05) is 0 Å². The van der Waals surface area contributed by atoms with E-state index in [0.29, 0.717) is 5.92 Å². The number of hydrogen-bond donors (Lipinski definition) is 1. The lowest BCUT2D eigenvalue weighted by Crippen LogP contribution is -2.38. The van der Waals surface area contributed by atoms with Crippen LogP contribution in [0.5, 0.6) is 5.75 Å². The summed E-state index contributed by atoms with van der Waals surface area (Å²) in [4.78, 5) is 0. The predicted molar refractivity (Wildman–Crippen MR) is 78.6 cm³/mol. The molecule has 106 valence electrons. The first-order chi connectivity index (χ1) is 9.08. The van der Waals surface area contributed by atoms with E-state index >= 15 is 0 Å². The Morgan fingerprint density at radius 2 is 1.84 bits per heavy atom. The van der Waals surface area contributed by atoms with Gasteiger partial charge in [0.2, 0.25) is 0 Å². The van der Waals surface area contributed by atoms with Gasteiger partial charge < -0.3 is 9.84 Å². The van der Waals surface area contributed by atoms with Crippen molar-refractivity contribution in [3.63, 3.8) is 0 Å². The van der Waals surface area contributed by atoms with Gasteiger partial charge in [-0.15, -0.1) is 0 Å². The van der Waals surface area contributed by atoms with Crippen molar-refractivity contribution < 1.29 is 9.84 Å². The Morgan fingerprint density at radius 3 is 2.47 bits per heavy atom. The van der Waals surface area contributed by atoms with Crippen LogP contribution in [0.25, 0.3) is 0 Å². The Morgan fingerprint density at radius 1 is 1.16 bits per heavy atom. The van der Waals surface area contributed by atoms with Crippen LogP contribution in [0.15, 0.2) is 18.2 Å². The monoisotopic (exact) mass is 262 g/mol. The van der Waals surface area contributed by atoms with Gasteiger partial charge in [-0.05, 0) is 62.3 Å². The molecule has 0 saturated heterocycles. The van der Waals surface area contributed by atoms with Gasteiger partial charge in [-0.25, -0.2) is 0 Å². The first kappa shape index (κ1) is 14.4. The van der Waals surface area contributed by atoms with E-state index in [1.54, 1.807) is 0 Å². The van der Waals surface area contributed by atoms with E-state index < -0.39 is 0 Å². The fourth-order valence-corrected chi connectivity index (χ4v) is 3.17. The Hall–Kier alpha value is -1.02. The van der Waals surface area contributed by atoms with Gasteiger partial charge in [-0.3, -0.25) is 0 Å². The third-order valence-electron chi connectivity index (χ3n) is 4.05. The minimum absolute atomic E-state index is 0.0356. The summed E-state index contributed by atoms with van der Waals surface area (Å²) >= 11 is 0. The maximum Gasteiger partial charge on any atom is 0.125 e. The van der Waals surface area contributed by atoms with Crippen LogP contribution in [0.2, 0.25) is 0 Å². The van der Waals surface area contributed by atoms with Crippen LogP contribution in [0.4, 0.5) is 0 Å². The lowest BCUT2D eigenvalue weighted by molar-refractivity contribution is -0.0117. The molecule has 3 unspecified atom stereocenters. The zero-order chi connectivity index (χ0) is 13.8. The van der Waals surface area contributed by atoms with E-state index in [-0.39, 0.29) is 12.2 Å². The largest absolute Gasteiger partial charge is 0.488 e. The molecule has 0 aliphatic heterocycles. The number of aliphatic hydroxyl groups is 1. The third kappa shape index (κ3) is 3.97. The summed E-state index contributed by atoms with van der Waals surface area (Å²) in [5.74, 6) is 1.61. The number of aryl methyl sites for hydroxylation is 2. The molecular formula is C17H26O2. The Kier molecular flexibility index (Phi) is 4.87. The van der Waals surface area contributed by atoms with Gasteiger partial charge >= 0.3 is 0 Å². The van der Waals surface area contributed by atoms with Crippen molar-refractivity contribution >= 4 is 0 Å². The Labute approximate surface area is 116 Å². The topological polar surface area (TPSA) is 29.5 Å². The van der Waals surface area contributed by atoms with Crippen molar-refractivity contribution in [3.8, 4) is 5.75 Å². The fraction of sp³-hybridized carbons (Fsp3) is 0.647. The molecule has 2 nitrogen and oxygen atoms in total. The van der Waals surface area contributed by atoms with Crippen molar-refractivity contribution in [2.75, 3.05) is 0 Å². The summed E-state index contributed by atoms with van der Waals surface area (Å²) in [6.07, 6.45) is 5.13. The molecule has 1 aromatic rings. The van der Waals surface area contributed by atoms with Crippen molar-refractivity contribution in [1.82, 2.24) is 0 Å². The lowest BCUT2D eigenvalue weighted by atomic mass is 9.83. The maximum absolute atomic E-state index is 10.1. The molecule has 2 heteroatoms. The molecule has 0 heterocycles. The summed E-state index contributed by atoms with van der Waals surface area (Å²) in [6, 6.07) is 6.26. The lowest BCUT2D eigenvalue weighted by Gasteiger charge is -2.33. The highest BCUT2D eigenvalue weighted by Gasteiger charge is 2.30. The zero-order valence-corrected chi connectivity index (χ0v) is 12.4. The van der Waals surface area contributed by atoms with Crippen LogP contribution in [0, 0.1) is 19.8 Å². The normalized spacial score (nSPS) is 27.3. The smallest absolute Gasteiger partial charge is 0.125 e. The average Bonchev–Trinajstić information content (AvgIpc) is 2.32. The molecule has 0 aromatic heterocycles. The van der Waals surface area contributed by atoms with E-state index in [4.69, 9.17) is 4.74 Å². The first-order valence-corrected chi connectivity index (χ1v) is 7.51. The molecule has 19 heavy (non-hydrogen) atoms. The van der Waals surface area contributed by atoms with Crippen LogP contribution in [-0.4, -0.2) is 17.3 Å². The summed E-state index contributed by atoms with van der Waals surface area (Å²) in [5.41, 5.74) is 2.43. The number of hydrogen-bond acceptors (Lipinski definition) is 2. The van der Waals surface area contributed by atoms with Crippen LogP contribution in [0.3, 0.4) is 0 Å². The first-order valence-electron chi connectivity index (χ1n) is 7.51. The fourth-order valence-electron chi connectivity index (χ4n) is 3.17. The van der Waals surface area contributed by atoms with Crippen LogP contribution < -0.4 is 4.74 Å². The molecule has 1 N–H and O–H groups in total. The van der Waals surface area contributed by atoms with E-state index in [1.165, 1.54) is 24.0 Å². The van der Waals surface area contributed by atoms with E-state index in [0.717, 1.165) is 25.0 Å². The molecule has 0 bridgehead atoms. The second-order valence-corrected chi connectivity index (χ2v) is 6.01. The highest BCUT2D eigenvalue weighted by atomic mass is 16.5. The molecule has 0 radical (unpaired) electrons. The second kappa shape index (κ2) is 6.42.